The summed E-state index contributed by atoms with van der Waals surface area (Å²) in [5.41, 5.74) is 5.17. The van der Waals surface area contributed by atoms with Gasteiger partial charge in [-0.15, -0.1) is 0 Å². The van der Waals surface area contributed by atoms with Crippen molar-refractivity contribution >= 4 is 0 Å². The Kier molecular flexibility index (Phi) is 2.08. The smallest absolute Gasteiger partial charge is 0.114 e. The number of rotatable bonds is 1. The first-order valence-corrected chi connectivity index (χ1v) is 4.64. The summed E-state index contributed by atoms with van der Waals surface area (Å²) >= 11 is 0. The van der Waals surface area contributed by atoms with Gasteiger partial charge in [0, 0.05) is 11.4 Å². The molecule has 3 nitrogen and oxygen atoms in total. The molecule has 0 saturated carbocycles. The van der Waals surface area contributed by atoms with Gasteiger partial charge >= 0.3 is 0 Å². The number of hydrogen-bond acceptors (Lipinski definition) is 2. The van der Waals surface area contributed by atoms with Gasteiger partial charge in [-0.25, -0.2) is 0 Å². The zero-order valence-electron chi connectivity index (χ0n) is 8.63. The largest absolute Gasteiger partial charge is 0.282 e. The van der Waals surface area contributed by atoms with Gasteiger partial charge < -0.3 is 0 Å². The van der Waals surface area contributed by atoms with Gasteiger partial charge in [-0.2, -0.15) is 5.10 Å². The highest BCUT2D eigenvalue weighted by molar-refractivity contribution is 5.59. The SMILES string of the molecule is Cc1cccc(-c2n[nH]c(C)c2C)n1. The van der Waals surface area contributed by atoms with E-state index in [9.17, 15) is 0 Å². The maximum Gasteiger partial charge on any atom is 0.114 e. The molecule has 14 heavy (non-hydrogen) atoms. The molecule has 0 unspecified atom stereocenters. The van der Waals surface area contributed by atoms with Gasteiger partial charge in [0.1, 0.15) is 5.69 Å². The van der Waals surface area contributed by atoms with E-state index < -0.39 is 0 Å². The molecule has 0 aliphatic carbocycles. The lowest BCUT2D eigenvalue weighted by Gasteiger charge is -1.98. The minimum atomic E-state index is 0.937. The van der Waals surface area contributed by atoms with Crippen LogP contribution in [-0.2, 0) is 0 Å². The van der Waals surface area contributed by atoms with Crippen molar-refractivity contribution in [3.63, 3.8) is 0 Å². The Morgan fingerprint density at radius 3 is 2.50 bits per heavy atom. The third kappa shape index (κ3) is 1.41. The third-order valence-electron chi connectivity index (χ3n) is 2.38. The van der Waals surface area contributed by atoms with Gasteiger partial charge in [-0.3, -0.25) is 10.1 Å². The summed E-state index contributed by atoms with van der Waals surface area (Å²) in [6.07, 6.45) is 0. The molecule has 72 valence electrons. The van der Waals surface area contributed by atoms with Crippen molar-refractivity contribution in [1.82, 2.24) is 15.2 Å². The Labute approximate surface area is 83.2 Å². The summed E-state index contributed by atoms with van der Waals surface area (Å²) in [6.45, 7) is 6.05. The molecule has 0 fully saturated rings. The van der Waals surface area contributed by atoms with Crippen molar-refractivity contribution in [2.45, 2.75) is 20.8 Å². The predicted molar refractivity (Wildman–Crippen MR) is 56.0 cm³/mol. The van der Waals surface area contributed by atoms with Crippen molar-refractivity contribution in [1.29, 1.82) is 0 Å². The summed E-state index contributed by atoms with van der Waals surface area (Å²) in [5, 5.41) is 7.20. The molecule has 0 aromatic carbocycles. The van der Waals surface area contributed by atoms with Gasteiger partial charge in [0.15, 0.2) is 0 Å². The van der Waals surface area contributed by atoms with E-state index in [1.807, 2.05) is 32.0 Å². The molecule has 2 aromatic heterocycles. The standard InChI is InChI=1S/C11H13N3/c1-7-5-4-6-10(12-7)11-8(2)9(3)13-14-11/h4-6H,1-3H3,(H,13,14). The highest BCUT2D eigenvalue weighted by atomic mass is 15.1. The van der Waals surface area contributed by atoms with E-state index >= 15 is 0 Å². The van der Waals surface area contributed by atoms with Crippen LogP contribution in [0.1, 0.15) is 17.0 Å². The molecule has 0 bridgehead atoms. The third-order valence-corrected chi connectivity index (χ3v) is 2.38. The second-order valence-corrected chi connectivity index (χ2v) is 3.49. The molecule has 0 spiro atoms. The second kappa shape index (κ2) is 3.25. The summed E-state index contributed by atoms with van der Waals surface area (Å²) in [6, 6.07) is 5.97. The molecule has 2 rings (SSSR count). The molecule has 2 aromatic rings. The van der Waals surface area contributed by atoms with Crippen LogP contribution in [0.3, 0.4) is 0 Å². The minimum Gasteiger partial charge on any atom is -0.282 e. The molecule has 1 N–H and O–H groups in total. The van der Waals surface area contributed by atoms with Crippen LogP contribution in [0, 0.1) is 20.8 Å². The molecule has 0 atom stereocenters. The fraction of sp³-hybridized carbons (Fsp3) is 0.273. The average Bonchev–Trinajstić information content (AvgIpc) is 2.48. The van der Waals surface area contributed by atoms with E-state index in [0.29, 0.717) is 0 Å². The van der Waals surface area contributed by atoms with Crippen molar-refractivity contribution < 1.29 is 0 Å². The predicted octanol–water partition coefficient (Wildman–Crippen LogP) is 2.40. The Bertz CT molecular complexity index is 457. The number of hydrogen-bond donors (Lipinski definition) is 1. The van der Waals surface area contributed by atoms with E-state index in [2.05, 4.69) is 22.1 Å². The quantitative estimate of drug-likeness (QED) is 0.744. The second-order valence-electron chi connectivity index (χ2n) is 3.49. The van der Waals surface area contributed by atoms with E-state index in [4.69, 9.17) is 0 Å². The van der Waals surface area contributed by atoms with Gasteiger partial charge in [0.05, 0.1) is 5.69 Å². The van der Waals surface area contributed by atoms with Crippen LogP contribution in [0.15, 0.2) is 18.2 Å². The van der Waals surface area contributed by atoms with Crippen LogP contribution in [0.2, 0.25) is 0 Å². The van der Waals surface area contributed by atoms with Crippen LogP contribution in [0.5, 0.6) is 0 Å². The molecule has 0 aliphatic rings. The lowest BCUT2D eigenvalue weighted by atomic mass is 10.1. The lowest BCUT2D eigenvalue weighted by Crippen LogP contribution is -1.88. The molecular weight excluding hydrogens is 174 g/mol. The van der Waals surface area contributed by atoms with E-state index in [0.717, 1.165) is 22.8 Å². The first-order valence-electron chi connectivity index (χ1n) is 4.64. The van der Waals surface area contributed by atoms with Crippen molar-refractivity contribution in [2.24, 2.45) is 0 Å². The molecule has 0 radical (unpaired) electrons. The number of nitrogens with zero attached hydrogens (tertiary/aromatic N) is 2. The summed E-state index contributed by atoms with van der Waals surface area (Å²) < 4.78 is 0. The van der Waals surface area contributed by atoms with Gasteiger partial charge in [-0.1, -0.05) is 6.07 Å². The van der Waals surface area contributed by atoms with Crippen molar-refractivity contribution in [3.8, 4) is 11.4 Å². The van der Waals surface area contributed by atoms with Crippen molar-refractivity contribution in [3.05, 3.63) is 35.2 Å². The van der Waals surface area contributed by atoms with E-state index in [1.165, 1.54) is 5.56 Å². The molecule has 0 amide bonds. The van der Waals surface area contributed by atoms with Crippen LogP contribution in [-0.4, -0.2) is 15.2 Å². The van der Waals surface area contributed by atoms with Crippen LogP contribution in [0.25, 0.3) is 11.4 Å². The molecule has 0 saturated heterocycles. The van der Waals surface area contributed by atoms with Crippen LogP contribution < -0.4 is 0 Å². The molecule has 0 aliphatic heterocycles. The molecule has 3 heteroatoms. The van der Waals surface area contributed by atoms with Gasteiger partial charge in [-0.05, 0) is 38.5 Å². The fourth-order valence-corrected chi connectivity index (χ4v) is 1.41. The number of H-pyrrole nitrogens is 1. The number of pyridine rings is 1. The number of nitrogens with one attached hydrogen (secondary N) is 1. The summed E-state index contributed by atoms with van der Waals surface area (Å²) in [4.78, 5) is 4.44. The highest BCUT2D eigenvalue weighted by Gasteiger charge is 2.08. The Hall–Kier alpha value is -1.64. The van der Waals surface area contributed by atoms with Crippen molar-refractivity contribution in [2.75, 3.05) is 0 Å². The van der Waals surface area contributed by atoms with E-state index in [-0.39, 0.29) is 0 Å². The molecular formula is C11H13N3. The fourth-order valence-electron chi connectivity index (χ4n) is 1.41. The molecule has 2 heterocycles. The maximum absolute atomic E-state index is 4.44. The maximum atomic E-state index is 4.44. The van der Waals surface area contributed by atoms with Gasteiger partial charge in [0.25, 0.3) is 0 Å². The topological polar surface area (TPSA) is 41.6 Å². The zero-order valence-corrected chi connectivity index (χ0v) is 8.63. The summed E-state index contributed by atoms with van der Waals surface area (Å²) in [5.74, 6) is 0. The first-order chi connectivity index (χ1) is 6.68. The van der Waals surface area contributed by atoms with Gasteiger partial charge in [0.2, 0.25) is 0 Å². The number of aromatic nitrogens is 3. The minimum absolute atomic E-state index is 0.937. The highest BCUT2D eigenvalue weighted by Crippen LogP contribution is 2.20. The Morgan fingerprint density at radius 2 is 1.93 bits per heavy atom. The van der Waals surface area contributed by atoms with Crippen LogP contribution in [0.4, 0.5) is 0 Å². The zero-order chi connectivity index (χ0) is 10.1. The average molecular weight is 187 g/mol. The monoisotopic (exact) mass is 187 g/mol. The van der Waals surface area contributed by atoms with E-state index in [1.54, 1.807) is 0 Å². The number of aryl methyl sites for hydroxylation is 2. The number of aromatic amines is 1. The normalized spacial score (nSPS) is 10.5. The first kappa shape index (κ1) is 8.94. The summed E-state index contributed by atoms with van der Waals surface area (Å²) in [7, 11) is 0. The Morgan fingerprint density at radius 1 is 1.14 bits per heavy atom. The van der Waals surface area contributed by atoms with Crippen LogP contribution >= 0.6 is 0 Å². The Balaban J connectivity index is 2.55. The lowest BCUT2D eigenvalue weighted by molar-refractivity contribution is 1.04.